The molecule has 0 spiro atoms. The van der Waals surface area contributed by atoms with Crippen LogP contribution in [-0.4, -0.2) is 37.1 Å². The molecule has 0 N–H and O–H groups in total. The molecule has 2 heteroatoms. The number of benzene rings is 1. The number of anilines is 1. The largest absolute Gasteiger partial charge is 0.369 e. The Labute approximate surface area is 147 Å². The zero-order valence-corrected chi connectivity index (χ0v) is 15.4. The molecule has 0 radical (unpaired) electrons. The molecule has 0 atom stereocenters. The number of hydrogen-bond donors (Lipinski definition) is 0. The molecule has 0 aromatic heterocycles. The van der Waals surface area contributed by atoms with Crippen molar-refractivity contribution in [2.24, 2.45) is 23.7 Å². The summed E-state index contributed by atoms with van der Waals surface area (Å²) in [5.41, 5.74) is 4.29. The van der Waals surface area contributed by atoms with Crippen molar-refractivity contribution >= 4 is 5.69 Å². The molecule has 1 aromatic carbocycles. The van der Waals surface area contributed by atoms with Crippen LogP contribution in [0.4, 0.5) is 5.69 Å². The SMILES string of the molecule is Cc1ccc(C)c(N2CCN(C3C4CC5CC(C4)CC3C5)CC2)c1. The van der Waals surface area contributed by atoms with E-state index in [0.717, 1.165) is 29.7 Å². The zero-order chi connectivity index (χ0) is 16.3. The summed E-state index contributed by atoms with van der Waals surface area (Å²) in [4.78, 5) is 5.53. The first-order valence-corrected chi connectivity index (χ1v) is 10.2. The van der Waals surface area contributed by atoms with Crippen molar-refractivity contribution < 1.29 is 0 Å². The Hall–Kier alpha value is -1.02. The van der Waals surface area contributed by atoms with Gasteiger partial charge in [0.15, 0.2) is 0 Å². The van der Waals surface area contributed by atoms with Gasteiger partial charge in [0.25, 0.3) is 0 Å². The summed E-state index contributed by atoms with van der Waals surface area (Å²) in [6.07, 6.45) is 7.77. The Bertz CT molecular complexity index is 586. The van der Waals surface area contributed by atoms with E-state index >= 15 is 0 Å². The molecular weight excluding hydrogens is 292 g/mol. The standard InChI is InChI=1S/C22H32N2/c1-15-3-4-16(2)21(9-15)23-5-7-24(8-6-23)22-19-11-17-10-18(13-19)14-20(22)12-17/h3-4,9,17-20,22H,5-8,10-14H2,1-2H3. The molecule has 130 valence electrons. The van der Waals surface area contributed by atoms with Gasteiger partial charge in [-0.2, -0.15) is 0 Å². The fourth-order valence-corrected chi connectivity index (χ4v) is 6.81. The highest BCUT2D eigenvalue weighted by Gasteiger charge is 2.50. The second-order valence-corrected chi connectivity index (χ2v) is 9.23. The second kappa shape index (κ2) is 5.76. The third-order valence-corrected chi connectivity index (χ3v) is 7.62. The van der Waals surface area contributed by atoms with E-state index in [4.69, 9.17) is 0 Å². The van der Waals surface area contributed by atoms with Gasteiger partial charge in [0.2, 0.25) is 0 Å². The lowest BCUT2D eigenvalue weighted by molar-refractivity contribution is -0.0665. The summed E-state index contributed by atoms with van der Waals surface area (Å²) in [6, 6.07) is 7.84. The van der Waals surface area contributed by atoms with Gasteiger partial charge in [-0.3, -0.25) is 4.90 Å². The van der Waals surface area contributed by atoms with Crippen LogP contribution >= 0.6 is 0 Å². The molecule has 24 heavy (non-hydrogen) atoms. The number of aryl methyl sites for hydroxylation is 2. The van der Waals surface area contributed by atoms with Gasteiger partial charge in [-0.1, -0.05) is 12.1 Å². The van der Waals surface area contributed by atoms with Gasteiger partial charge in [0, 0.05) is 37.9 Å². The predicted molar refractivity (Wildman–Crippen MR) is 101 cm³/mol. The minimum absolute atomic E-state index is 0.929. The van der Waals surface area contributed by atoms with Crippen LogP contribution in [0.1, 0.15) is 43.2 Å². The molecule has 1 saturated heterocycles. The van der Waals surface area contributed by atoms with Gasteiger partial charge >= 0.3 is 0 Å². The van der Waals surface area contributed by atoms with Crippen molar-refractivity contribution in [1.29, 1.82) is 0 Å². The van der Waals surface area contributed by atoms with E-state index in [2.05, 4.69) is 41.8 Å². The molecule has 1 aromatic rings. The van der Waals surface area contributed by atoms with Crippen LogP contribution in [0.25, 0.3) is 0 Å². The van der Waals surface area contributed by atoms with Crippen LogP contribution in [-0.2, 0) is 0 Å². The second-order valence-electron chi connectivity index (χ2n) is 9.23. The van der Waals surface area contributed by atoms with Crippen molar-refractivity contribution in [3.8, 4) is 0 Å². The van der Waals surface area contributed by atoms with Gasteiger partial charge in [-0.15, -0.1) is 0 Å². The van der Waals surface area contributed by atoms with Crippen molar-refractivity contribution in [3.63, 3.8) is 0 Å². The van der Waals surface area contributed by atoms with Gasteiger partial charge in [0.1, 0.15) is 0 Å². The van der Waals surface area contributed by atoms with Crippen LogP contribution in [0, 0.1) is 37.5 Å². The van der Waals surface area contributed by atoms with E-state index in [1.807, 2.05) is 0 Å². The Morgan fingerprint density at radius 1 is 0.792 bits per heavy atom. The molecular formula is C22H32N2. The topological polar surface area (TPSA) is 6.48 Å². The molecule has 0 amide bonds. The summed E-state index contributed by atoms with van der Waals surface area (Å²) in [5.74, 6) is 4.27. The van der Waals surface area contributed by atoms with Crippen molar-refractivity contribution in [3.05, 3.63) is 29.3 Å². The fourth-order valence-electron chi connectivity index (χ4n) is 6.81. The lowest BCUT2D eigenvalue weighted by Gasteiger charge is -2.58. The van der Waals surface area contributed by atoms with E-state index in [0.29, 0.717) is 0 Å². The van der Waals surface area contributed by atoms with Gasteiger partial charge in [-0.05, 0) is 86.8 Å². The predicted octanol–water partition coefficient (Wildman–Crippen LogP) is 4.25. The number of nitrogens with zero attached hydrogens (tertiary/aromatic N) is 2. The third-order valence-electron chi connectivity index (χ3n) is 7.62. The molecule has 5 fully saturated rings. The lowest BCUT2D eigenvalue weighted by Crippen LogP contribution is -2.60. The highest BCUT2D eigenvalue weighted by molar-refractivity contribution is 5.55. The minimum atomic E-state index is 0.929. The third kappa shape index (κ3) is 2.49. The smallest absolute Gasteiger partial charge is 0.0399 e. The van der Waals surface area contributed by atoms with Crippen molar-refractivity contribution in [2.75, 3.05) is 31.1 Å². The van der Waals surface area contributed by atoms with E-state index in [-0.39, 0.29) is 0 Å². The molecule has 6 rings (SSSR count). The van der Waals surface area contributed by atoms with Crippen LogP contribution < -0.4 is 4.90 Å². The number of rotatable bonds is 2. The summed E-state index contributed by atoms with van der Waals surface area (Å²) in [7, 11) is 0. The van der Waals surface area contributed by atoms with E-state index in [1.54, 1.807) is 32.1 Å². The van der Waals surface area contributed by atoms with Gasteiger partial charge in [0.05, 0.1) is 0 Å². The first-order chi connectivity index (χ1) is 11.7. The fraction of sp³-hybridized carbons (Fsp3) is 0.727. The maximum Gasteiger partial charge on any atom is 0.0399 e. The average molecular weight is 325 g/mol. The summed E-state index contributed by atoms with van der Waals surface area (Å²) < 4.78 is 0. The van der Waals surface area contributed by atoms with Crippen LogP contribution in [0.3, 0.4) is 0 Å². The van der Waals surface area contributed by atoms with Crippen molar-refractivity contribution in [1.82, 2.24) is 4.90 Å². The van der Waals surface area contributed by atoms with Crippen LogP contribution in [0.2, 0.25) is 0 Å². The van der Waals surface area contributed by atoms with Gasteiger partial charge < -0.3 is 4.90 Å². The Morgan fingerprint density at radius 3 is 2.04 bits per heavy atom. The van der Waals surface area contributed by atoms with Crippen LogP contribution in [0.15, 0.2) is 18.2 Å². The summed E-state index contributed by atoms with van der Waals surface area (Å²) in [6.45, 7) is 9.47. The average Bonchev–Trinajstić information content (AvgIpc) is 2.57. The quantitative estimate of drug-likeness (QED) is 0.802. The van der Waals surface area contributed by atoms with Crippen molar-refractivity contribution in [2.45, 2.75) is 52.0 Å². The maximum atomic E-state index is 2.90. The molecule has 4 bridgehead atoms. The Balaban J connectivity index is 1.28. The van der Waals surface area contributed by atoms with Crippen LogP contribution in [0.5, 0.6) is 0 Å². The van der Waals surface area contributed by atoms with E-state index in [1.165, 1.54) is 43.0 Å². The Morgan fingerprint density at radius 2 is 1.42 bits per heavy atom. The summed E-state index contributed by atoms with van der Waals surface area (Å²) >= 11 is 0. The Kier molecular flexibility index (Phi) is 3.66. The molecule has 4 aliphatic carbocycles. The molecule has 1 aliphatic heterocycles. The highest BCUT2D eigenvalue weighted by atomic mass is 15.3. The van der Waals surface area contributed by atoms with Gasteiger partial charge in [-0.25, -0.2) is 0 Å². The first-order valence-electron chi connectivity index (χ1n) is 10.2. The summed E-state index contributed by atoms with van der Waals surface area (Å²) in [5, 5.41) is 0. The minimum Gasteiger partial charge on any atom is -0.369 e. The monoisotopic (exact) mass is 324 g/mol. The molecule has 4 saturated carbocycles. The molecule has 0 unspecified atom stereocenters. The maximum absolute atomic E-state index is 2.90. The van der Waals surface area contributed by atoms with E-state index in [9.17, 15) is 0 Å². The molecule has 2 nitrogen and oxygen atoms in total. The lowest BCUT2D eigenvalue weighted by atomic mass is 9.54. The number of piperazine rings is 1. The first kappa shape index (κ1) is 15.3. The normalized spacial score (nSPS) is 38.8. The number of hydrogen-bond acceptors (Lipinski definition) is 2. The van der Waals surface area contributed by atoms with E-state index < -0.39 is 0 Å². The molecule has 5 aliphatic rings. The zero-order valence-electron chi connectivity index (χ0n) is 15.4. The highest BCUT2D eigenvalue weighted by Crippen LogP contribution is 2.55. The molecule has 1 heterocycles.